The van der Waals surface area contributed by atoms with E-state index < -0.39 is 18.0 Å². The van der Waals surface area contributed by atoms with Crippen LogP contribution in [-0.4, -0.2) is 53.7 Å². The standard InChI is InChI=1S/C28H34N2O5/c1-18(26(31)30-16-8-14-20(19(30)2)27(32)33)9-7-15-29-28(34)35-17-25-23-12-5-3-10-21(23)22-11-4-6-13-24(22)25/h3-6,10-13,18-20,25H,7-9,14-17H2,1-2H3,(H,29,34)(H,32,33). The second-order valence-electron chi connectivity index (χ2n) is 9.65. The summed E-state index contributed by atoms with van der Waals surface area (Å²) in [4.78, 5) is 38.4. The van der Waals surface area contributed by atoms with Crippen LogP contribution in [0.25, 0.3) is 11.1 Å². The summed E-state index contributed by atoms with van der Waals surface area (Å²) in [6.07, 6.45) is 2.12. The highest BCUT2D eigenvalue weighted by Gasteiger charge is 2.36. The molecule has 3 atom stereocenters. The lowest BCUT2D eigenvalue weighted by atomic mass is 9.89. The Morgan fingerprint density at radius 2 is 1.71 bits per heavy atom. The highest BCUT2D eigenvalue weighted by Crippen LogP contribution is 2.44. The van der Waals surface area contributed by atoms with Crippen molar-refractivity contribution in [3.63, 3.8) is 0 Å². The number of benzene rings is 2. The van der Waals surface area contributed by atoms with Crippen molar-refractivity contribution in [2.75, 3.05) is 19.7 Å². The predicted octanol–water partition coefficient (Wildman–Crippen LogP) is 4.65. The predicted molar refractivity (Wildman–Crippen MR) is 133 cm³/mol. The second-order valence-corrected chi connectivity index (χ2v) is 9.65. The fourth-order valence-corrected chi connectivity index (χ4v) is 5.44. The van der Waals surface area contributed by atoms with Gasteiger partial charge in [-0.3, -0.25) is 9.59 Å². The van der Waals surface area contributed by atoms with Crippen LogP contribution in [0, 0.1) is 11.8 Å². The van der Waals surface area contributed by atoms with Crippen molar-refractivity contribution in [3.8, 4) is 11.1 Å². The molecule has 0 saturated carbocycles. The Hall–Kier alpha value is -3.35. The van der Waals surface area contributed by atoms with Crippen LogP contribution in [0.15, 0.2) is 48.5 Å². The molecule has 2 aromatic carbocycles. The molecule has 0 spiro atoms. The van der Waals surface area contributed by atoms with E-state index in [0.29, 0.717) is 38.8 Å². The topological polar surface area (TPSA) is 95.9 Å². The fourth-order valence-electron chi connectivity index (χ4n) is 5.44. The number of likely N-dealkylation sites (tertiary alicyclic amines) is 1. The number of alkyl carbamates (subject to hydrolysis) is 1. The number of piperidine rings is 1. The molecule has 2 aromatic rings. The van der Waals surface area contributed by atoms with Crippen molar-refractivity contribution in [2.24, 2.45) is 11.8 Å². The van der Waals surface area contributed by atoms with E-state index in [1.807, 2.05) is 38.1 Å². The lowest BCUT2D eigenvalue weighted by Crippen LogP contribution is -2.50. The average Bonchev–Trinajstić information content (AvgIpc) is 3.18. The zero-order valence-corrected chi connectivity index (χ0v) is 20.4. The summed E-state index contributed by atoms with van der Waals surface area (Å²) in [6, 6.07) is 16.1. The third-order valence-electron chi connectivity index (χ3n) is 7.44. The largest absolute Gasteiger partial charge is 0.481 e. The van der Waals surface area contributed by atoms with Gasteiger partial charge < -0.3 is 20.1 Å². The van der Waals surface area contributed by atoms with E-state index in [4.69, 9.17) is 4.74 Å². The molecule has 2 N–H and O–H groups in total. The van der Waals surface area contributed by atoms with Gasteiger partial charge in [0.2, 0.25) is 5.91 Å². The van der Waals surface area contributed by atoms with Gasteiger partial charge in [-0.25, -0.2) is 4.79 Å². The van der Waals surface area contributed by atoms with Crippen LogP contribution in [0.5, 0.6) is 0 Å². The molecule has 7 nitrogen and oxygen atoms in total. The van der Waals surface area contributed by atoms with Crippen molar-refractivity contribution in [2.45, 2.75) is 51.5 Å². The van der Waals surface area contributed by atoms with Crippen LogP contribution >= 0.6 is 0 Å². The summed E-state index contributed by atoms with van der Waals surface area (Å²) in [7, 11) is 0. The van der Waals surface area contributed by atoms with Crippen LogP contribution < -0.4 is 5.32 Å². The summed E-state index contributed by atoms with van der Waals surface area (Å²) in [5.41, 5.74) is 4.72. The van der Waals surface area contributed by atoms with Crippen molar-refractivity contribution in [1.82, 2.24) is 10.2 Å². The monoisotopic (exact) mass is 478 g/mol. The number of carbonyl (C=O) groups excluding carboxylic acids is 2. The van der Waals surface area contributed by atoms with Crippen molar-refractivity contribution >= 4 is 18.0 Å². The number of carbonyl (C=O) groups is 3. The minimum atomic E-state index is -0.838. The molecule has 0 radical (unpaired) electrons. The van der Waals surface area contributed by atoms with Gasteiger partial charge in [0.05, 0.1) is 5.92 Å². The molecular formula is C28H34N2O5. The minimum Gasteiger partial charge on any atom is -0.481 e. The maximum Gasteiger partial charge on any atom is 0.407 e. The fraction of sp³-hybridized carbons (Fsp3) is 0.464. The summed E-state index contributed by atoms with van der Waals surface area (Å²) in [5, 5.41) is 12.2. The molecule has 1 fully saturated rings. The first-order valence-corrected chi connectivity index (χ1v) is 12.5. The van der Waals surface area contributed by atoms with Crippen LogP contribution in [0.3, 0.4) is 0 Å². The van der Waals surface area contributed by atoms with Gasteiger partial charge >= 0.3 is 12.1 Å². The van der Waals surface area contributed by atoms with E-state index in [0.717, 1.165) is 0 Å². The molecule has 1 saturated heterocycles. The van der Waals surface area contributed by atoms with Gasteiger partial charge in [0.1, 0.15) is 6.61 Å². The number of amides is 2. The molecule has 4 rings (SSSR count). The Bertz CT molecular complexity index is 1040. The van der Waals surface area contributed by atoms with Gasteiger partial charge in [-0.05, 0) is 54.9 Å². The number of fused-ring (bicyclic) bond motifs is 3. The number of carboxylic acid groups (broad SMARTS) is 1. The van der Waals surface area contributed by atoms with E-state index >= 15 is 0 Å². The molecule has 2 aliphatic rings. The molecule has 35 heavy (non-hydrogen) atoms. The Balaban J connectivity index is 1.21. The highest BCUT2D eigenvalue weighted by molar-refractivity contribution is 5.81. The first-order valence-electron chi connectivity index (χ1n) is 12.5. The van der Waals surface area contributed by atoms with Crippen molar-refractivity contribution < 1.29 is 24.2 Å². The Morgan fingerprint density at radius 1 is 1.09 bits per heavy atom. The smallest absolute Gasteiger partial charge is 0.407 e. The van der Waals surface area contributed by atoms with Gasteiger partial charge in [0.25, 0.3) is 0 Å². The molecule has 1 aliphatic heterocycles. The van der Waals surface area contributed by atoms with Crippen LogP contribution in [-0.2, 0) is 14.3 Å². The summed E-state index contributed by atoms with van der Waals surface area (Å²) >= 11 is 0. The first kappa shape index (κ1) is 24.8. The van der Waals surface area contributed by atoms with Crippen LogP contribution in [0.4, 0.5) is 4.79 Å². The van der Waals surface area contributed by atoms with E-state index in [-0.39, 0.29) is 30.4 Å². The maximum absolute atomic E-state index is 12.9. The molecule has 7 heteroatoms. The van der Waals surface area contributed by atoms with Crippen LogP contribution in [0.1, 0.15) is 56.6 Å². The van der Waals surface area contributed by atoms with Crippen LogP contribution in [0.2, 0.25) is 0 Å². The molecule has 0 aromatic heterocycles. The number of hydrogen-bond donors (Lipinski definition) is 2. The van der Waals surface area contributed by atoms with Gasteiger partial charge in [-0.2, -0.15) is 0 Å². The molecule has 3 unspecified atom stereocenters. The molecule has 1 aliphatic carbocycles. The number of nitrogens with one attached hydrogen (secondary N) is 1. The quantitative estimate of drug-likeness (QED) is 0.539. The molecule has 2 amide bonds. The normalized spacial score (nSPS) is 20.0. The number of rotatable bonds is 8. The Morgan fingerprint density at radius 3 is 2.34 bits per heavy atom. The van der Waals surface area contributed by atoms with Gasteiger partial charge in [-0.1, -0.05) is 55.5 Å². The number of aliphatic carboxylic acids is 1. The van der Waals surface area contributed by atoms with E-state index in [2.05, 4.69) is 29.6 Å². The SMILES string of the molecule is CC(CCCNC(=O)OCC1c2ccccc2-c2ccccc21)C(=O)N1CCCC(C(=O)O)C1C. The molecule has 0 bridgehead atoms. The number of nitrogens with zero attached hydrogens (tertiary/aromatic N) is 1. The van der Waals surface area contributed by atoms with E-state index in [9.17, 15) is 19.5 Å². The minimum absolute atomic E-state index is 0.00964. The average molecular weight is 479 g/mol. The third-order valence-corrected chi connectivity index (χ3v) is 7.44. The maximum atomic E-state index is 12.9. The Kier molecular flexibility index (Phi) is 7.73. The zero-order valence-electron chi connectivity index (χ0n) is 20.4. The molecule has 1 heterocycles. The van der Waals surface area contributed by atoms with E-state index in [1.54, 1.807) is 4.90 Å². The van der Waals surface area contributed by atoms with Crippen molar-refractivity contribution in [1.29, 1.82) is 0 Å². The van der Waals surface area contributed by atoms with E-state index in [1.165, 1.54) is 22.3 Å². The van der Waals surface area contributed by atoms with Crippen molar-refractivity contribution in [3.05, 3.63) is 59.7 Å². The van der Waals surface area contributed by atoms with Gasteiger partial charge in [-0.15, -0.1) is 0 Å². The first-order chi connectivity index (χ1) is 16.9. The zero-order chi connectivity index (χ0) is 24.9. The summed E-state index contributed by atoms with van der Waals surface area (Å²) in [5.74, 6) is -1.56. The third kappa shape index (κ3) is 5.34. The number of hydrogen-bond acceptors (Lipinski definition) is 4. The second kappa shape index (κ2) is 10.9. The summed E-state index contributed by atoms with van der Waals surface area (Å²) < 4.78 is 5.56. The number of ether oxygens (including phenoxy) is 1. The summed E-state index contributed by atoms with van der Waals surface area (Å²) in [6.45, 7) is 4.98. The highest BCUT2D eigenvalue weighted by atomic mass is 16.5. The number of carboxylic acids is 1. The van der Waals surface area contributed by atoms with Gasteiger partial charge in [0, 0.05) is 31.0 Å². The Labute approximate surface area is 206 Å². The lowest BCUT2D eigenvalue weighted by molar-refractivity contribution is -0.150. The molecule has 186 valence electrons. The molecular weight excluding hydrogens is 444 g/mol. The van der Waals surface area contributed by atoms with Gasteiger partial charge in [0.15, 0.2) is 0 Å². The lowest BCUT2D eigenvalue weighted by Gasteiger charge is -2.38.